The van der Waals surface area contributed by atoms with Gasteiger partial charge in [0.1, 0.15) is 0 Å². The van der Waals surface area contributed by atoms with Crippen molar-refractivity contribution in [2.75, 3.05) is 13.1 Å². The summed E-state index contributed by atoms with van der Waals surface area (Å²) in [4.78, 5) is 14.9. The summed E-state index contributed by atoms with van der Waals surface area (Å²) in [6, 6.07) is 0. The maximum Gasteiger partial charge on any atom is 0.225 e. The number of piperidine rings is 1. The largest absolute Gasteiger partial charge is 0.342 e. The first kappa shape index (κ1) is 18.5. The third kappa shape index (κ3) is 6.84. The van der Waals surface area contributed by atoms with Crippen molar-refractivity contribution >= 4 is 5.91 Å². The number of carbonyl (C=O) groups excluding carboxylic acids is 1. The minimum Gasteiger partial charge on any atom is -0.342 e. The first-order valence-electron chi connectivity index (χ1n) is 9.51. The number of hydrogen-bond acceptors (Lipinski definition) is 1. The zero-order chi connectivity index (χ0) is 15.5. The van der Waals surface area contributed by atoms with Crippen molar-refractivity contribution in [3.8, 4) is 0 Å². The van der Waals surface area contributed by atoms with E-state index in [9.17, 15) is 4.79 Å². The van der Waals surface area contributed by atoms with Gasteiger partial charge < -0.3 is 4.90 Å². The number of nitrogens with zero attached hydrogens (tertiary/aromatic N) is 1. The van der Waals surface area contributed by atoms with E-state index in [0.717, 1.165) is 44.7 Å². The summed E-state index contributed by atoms with van der Waals surface area (Å²) in [6.07, 6.45) is 13.7. The molecule has 1 aliphatic heterocycles. The van der Waals surface area contributed by atoms with Crippen molar-refractivity contribution in [3.63, 3.8) is 0 Å². The van der Waals surface area contributed by atoms with Gasteiger partial charge in [-0.05, 0) is 38.0 Å². The second-order valence-corrected chi connectivity index (χ2v) is 6.92. The van der Waals surface area contributed by atoms with E-state index in [0.29, 0.717) is 11.8 Å². The molecule has 0 spiro atoms. The molecule has 2 nitrogen and oxygen atoms in total. The summed E-state index contributed by atoms with van der Waals surface area (Å²) < 4.78 is 0. The Labute approximate surface area is 132 Å². The molecule has 0 aromatic carbocycles. The lowest BCUT2D eigenvalue weighted by Gasteiger charge is -2.35. The quantitative estimate of drug-likeness (QED) is 0.493. The van der Waals surface area contributed by atoms with Crippen molar-refractivity contribution in [1.82, 2.24) is 4.90 Å². The Balaban J connectivity index is 2.40. The van der Waals surface area contributed by atoms with Crippen LogP contribution in [-0.4, -0.2) is 23.9 Å². The lowest BCUT2D eigenvalue weighted by molar-refractivity contribution is -0.138. The van der Waals surface area contributed by atoms with Gasteiger partial charge in [-0.2, -0.15) is 0 Å². The van der Waals surface area contributed by atoms with Gasteiger partial charge in [-0.15, -0.1) is 0 Å². The van der Waals surface area contributed by atoms with Crippen molar-refractivity contribution in [3.05, 3.63) is 0 Å². The molecular formula is C19H37NO. The highest BCUT2D eigenvalue weighted by molar-refractivity contribution is 5.78. The Morgan fingerprint density at radius 3 is 2.38 bits per heavy atom. The van der Waals surface area contributed by atoms with E-state index in [1.165, 1.54) is 44.9 Å². The summed E-state index contributed by atoms with van der Waals surface area (Å²) in [5.41, 5.74) is 0. The summed E-state index contributed by atoms with van der Waals surface area (Å²) in [6.45, 7) is 8.71. The molecule has 1 fully saturated rings. The standard InChI is InChI=1S/C19H37NO/c1-4-7-8-9-13-17-14-10-15-20(16-17)19(21)18(11-5-2)12-6-3/h17-18H,4-16H2,1-3H3. The van der Waals surface area contributed by atoms with E-state index in [4.69, 9.17) is 0 Å². The molecule has 1 unspecified atom stereocenters. The van der Waals surface area contributed by atoms with Crippen LogP contribution in [0.3, 0.4) is 0 Å². The van der Waals surface area contributed by atoms with Crippen LogP contribution in [0.1, 0.15) is 91.4 Å². The highest BCUT2D eigenvalue weighted by Crippen LogP contribution is 2.25. The number of hydrogen-bond donors (Lipinski definition) is 0. The van der Waals surface area contributed by atoms with Gasteiger partial charge in [-0.1, -0.05) is 59.3 Å². The predicted octanol–water partition coefficient (Wildman–Crippen LogP) is 5.41. The van der Waals surface area contributed by atoms with Crippen molar-refractivity contribution in [1.29, 1.82) is 0 Å². The topological polar surface area (TPSA) is 20.3 Å². The second-order valence-electron chi connectivity index (χ2n) is 6.92. The summed E-state index contributed by atoms with van der Waals surface area (Å²) in [7, 11) is 0. The zero-order valence-corrected chi connectivity index (χ0v) is 14.7. The highest BCUT2D eigenvalue weighted by Gasteiger charge is 2.27. The summed E-state index contributed by atoms with van der Waals surface area (Å²) in [5.74, 6) is 1.51. The van der Waals surface area contributed by atoms with E-state index in [1.807, 2.05) is 0 Å². The molecule has 0 bridgehead atoms. The Morgan fingerprint density at radius 1 is 1.05 bits per heavy atom. The molecule has 1 aliphatic rings. The Morgan fingerprint density at radius 2 is 1.76 bits per heavy atom. The highest BCUT2D eigenvalue weighted by atomic mass is 16.2. The fourth-order valence-electron chi connectivity index (χ4n) is 3.71. The average molecular weight is 296 g/mol. The molecule has 2 heteroatoms. The monoisotopic (exact) mass is 295 g/mol. The maximum absolute atomic E-state index is 12.7. The third-order valence-electron chi connectivity index (χ3n) is 4.92. The van der Waals surface area contributed by atoms with Crippen molar-refractivity contribution in [2.45, 2.75) is 91.4 Å². The molecule has 1 saturated heterocycles. The smallest absolute Gasteiger partial charge is 0.225 e. The van der Waals surface area contributed by atoms with Crippen LogP contribution in [0.4, 0.5) is 0 Å². The van der Waals surface area contributed by atoms with E-state index in [1.54, 1.807) is 0 Å². The van der Waals surface area contributed by atoms with Crippen LogP contribution in [-0.2, 0) is 4.79 Å². The number of likely N-dealkylation sites (tertiary alicyclic amines) is 1. The van der Waals surface area contributed by atoms with Crippen LogP contribution in [0.5, 0.6) is 0 Å². The normalized spacial score (nSPS) is 19.2. The Kier molecular flexibility index (Phi) is 9.78. The molecule has 1 atom stereocenters. The van der Waals surface area contributed by atoms with E-state index < -0.39 is 0 Å². The lowest BCUT2D eigenvalue weighted by atomic mass is 9.90. The Hall–Kier alpha value is -0.530. The lowest BCUT2D eigenvalue weighted by Crippen LogP contribution is -2.43. The van der Waals surface area contributed by atoms with Crippen LogP contribution >= 0.6 is 0 Å². The summed E-state index contributed by atoms with van der Waals surface area (Å²) >= 11 is 0. The number of unbranched alkanes of at least 4 members (excludes halogenated alkanes) is 3. The average Bonchev–Trinajstić information content (AvgIpc) is 2.51. The molecular weight excluding hydrogens is 258 g/mol. The van der Waals surface area contributed by atoms with Crippen LogP contribution < -0.4 is 0 Å². The molecule has 1 rings (SSSR count). The first-order valence-corrected chi connectivity index (χ1v) is 9.51. The van der Waals surface area contributed by atoms with Crippen molar-refractivity contribution in [2.24, 2.45) is 11.8 Å². The molecule has 0 aromatic heterocycles. The fraction of sp³-hybridized carbons (Fsp3) is 0.947. The van der Waals surface area contributed by atoms with Gasteiger partial charge in [0.15, 0.2) is 0 Å². The van der Waals surface area contributed by atoms with Crippen LogP contribution in [0.2, 0.25) is 0 Å². The van der Waals surface area contributed by atoms with E-state index >= 15 is 0 Å². The first-order chi connectivity index (χ1) is 10.2. The minimum absolute atomic E-state index is 0.291. The van der Waals surface area contributed by atoms with Gasteiger partial charge in [0.25, 0.3) is 0 Å². The molecule has 0 aliphatic carbocycles. The molecule has 0 N–H and O–H groups in total. The van der Waals surface area contributed by atoms with E-state index in [2.05, 4.69) is 25.7 Å². The number of rotatable bonds is 10. The third-order valence-corrected chi connectivity index (χ3v) is 4.92. The predicted molar refractivity (Wildman–Crippen MR) is 91.4 cm³/mol. The van der Waals surface area contributed by atoms with Crippen molar-refractivity contribution < 1.29 is 4.79 Å². The molecule has 124 valence electrons. The van der Waals surface area contributed by atoms with Crippen LogP contribution in [0.25, 0.3) is 0 Å². The van der Waals surface area contributed by atoms with Gasteiger partial charge in [-0.3, -0.25) is 4.79 Å². The SMILES string of the molecule is CCCCCCC1CCCN(C(=O)C(CCC)CCC)C1. The van der Waals surface area contributed by atoms with Gasteiger partial charge >= 0.3 is 0 Å². The minimum atomic E-state index is 0.291. The molecule has 0 radical (unpaired) electrons. The maximum atomic E-state index is 12.7. The fourth-order valence-corrected chi connectivity index (χ4v) is 3.71. The van der Waals surface area contributed by atoms with Crippen LogP contribution in [0, 0.1) is 11.8 Å². The molecule has 1 amide bonds. The van der Waals surface area contributed by atoms with Gasteiger partial charge in [0.2, 0.25) is 5.91 Å². The number of carbonyl (C=O) groups is 1. The summed E-state index contributed by atoms with van der Waals surface area (Å²) in [5, 5.41) is 0. The molecule has 0 saturated carbocycles. The van der Waals surface area contributed by atoms with E-state index in [-0.39, 0.29) is 0 Å². The molecule has 1 heterocycles. The molecule has 21 heavy (non-hydrogen) atoms. The van der Waals surface area contributed by atoms with Gasteiger partial charge in [0, 0.05) is 19.0 Å². The van der Waals surface area contributed by atoms with Gasteiger partial charge in [-0.25, -0.2) is 0 Å². The van der Waals surface area contributed by atoms with Gasteiger partial charge in [0.05, 0.1) is 0 Å². The zero-order valence-electron chi connectivity index (χ0n) is 14.7. The van der Waals surface area contributed by atoms with Crippen LogP contribution in [0.15, 0.2) is 0 Å². The molecule has 0 aromatic rings. The second kappa shape index (κ2) is 11.1. The number of amides is 1. The Bertz CT molecular complexity index is 271.